The van der Waals surface area contributed by atoms with Gasteiger partial charge in [0, 0.05) is 31.6 Å². The molecule has 22 heavy (non-hydrogen) atoms. The van der Waals surface area contributed by atoms with Crippen LogP contribution in [-0.4, -0.2) is 43.3 Å². The summed E-state index contributed by atoms with van der Waals surface area (Å²) in [5.74, 6) is -2.03. The van der Waals surface area contributed by atoms with E-state index in [1.165, 1.54) is 12.1 Å². The summed E-state index contributed by atoms with van der Waals surface area (Å²) in [6.45, 7) is -3.02. The quantitative estimate of drug-likeness (QED) is 0.795. The molecule has 2 aliphatic heterocycles. The number of rotatable bonds is 1. The predicted molar refractivity (Wildman–Crippen MR) is 81.6 cm³/mol. The van der Waals surface area contributed by atoms with Crippen LogP contribution in [0.4, 0.5) is 0 Å². The summed E-state index contributed by atoms with van der Waals surface area (Å²) in [5.41, 5.74) is -1.41. The fraction of sp³-hybridized carbons (Fsp3) is 0.611. The lowest BCUT2D eigenvalue weighted by atomic mass is 9.52. The fourth-order valence-corrected chi connectivity index (χ4v) is 4.54. The number of hydrogen-bond acceptors (Lipinski definition) is 4. The number of hydrogen-bond donors (Lipinski definition) is 0. The van der Waals surface area contributed by atoms with Crippen molar-refractivity contribution in [3.05, 3.63) is 23.3 Å². The molecule has 4 heteroatoms. The molecule has 0 N–H and O–H groups in total. The van der Waals surface area contributed by atoms with Gasteiger partial charge in [-0.25, -0.2) is 0 Å². The smallest absolute Gasteiger partial charge is 0.174 e. The Kier molecular flexibility index (Phi) is 1.20. The van der Waals surface area contributed by atoms with Crippen molar-refractivity contribution < 1.29 is 28.0 Å². The monoisotopic (exact) mass is 309 g/mol. The topological polar surface area (TPSA) is 38.8 Å². The number of carbonyl (C=O) groups is 1. The summed E-state index contributed by atoms with van der Waals surface area (Å²) < 4.78 is 93.4. The first kappa shape index (κ1) is 6.52. The first-order valence-corrected chi connectivity index (χ1v) is 7.39. The fourth-order valence-electron chi connectivity index (χ4n) is 4.54. The van der Waals surface area contributed by atoms with Gasteiger partial charge in [0.1, 0.15) is 0 Å². The van der Waals surface area contributed by atoms with E-state index < -0.39 is 49.6 Å². The van der Waals surface area contributed by atoms with Gasteiger partial charge < -0.3 is 14.4 Å². The number of benzene rings is 1. The lowest BCUT2D eigenvalue weighted by molar-refractivity contribution is -0.138. The second-order valence-electron chi connectivity index (χ2n) is 6.25. The zero-order valence-electron chi connectivity index (χ0n) is 21.7. The molecule has 1 aromatic carbocycles. The van der Waals surface area contributed by atoms with Gasteiger partial charge >= 0.3 is 0 Å². The third kappa shape index (κ3) is 1.27. The molecular weight excluding hydrogens is 278 g/mol. The Morgan fingerprint density at radius 1 is 1.59 bits per heavy atom. The van der Waals surface area contributed by atoms with Gasteiger partial charge in [0.05, 0.1) is 12.5 Å². The Bertz CT molecular complexity index is 1040. The van der Waals surface area contributed by atoms with Crippen molar-refractivity contribution in [3.8, 4) is 11.5 Å². The van der Waals surface area contributed by atoms with E-state index in [-0.39, 0.29) is 48.4 Å². The highest BCUT2D eigenvalue weighted by atomic mass is 16.5. The summed E-state index contributed by atoms with van der Waals surface area (Å²) in [5, 5.41) is 0. The zero-order valence-corrected chi connectivity index (χ0v) is 11.7. The second-order valence-corrected chi connectivity index (χ2v) is 6.25. The first-order valence-electron chi connectivity index (χ1n) is 12.4. The van der Waals surface area contributed by atoms with Crippen LogP contribution in [0.25, 0.3) is 0 Å². The predicted octanol–water partition coefficient (Wildman–Crippen LogP) is 1.93. The average molecular weight is 309 g/mol. The zero-order chi connectivity index (χ0) is 23.7. The first-order chi connectivity index (χ1) is 14.5. The molecule has 1 saturated heterocycles. The van der Waals surface area contributed by atoms with Crippen molar-refractivity contribution >= 4 is 5.78 Å². The Morgan fingerprint density at radius 2 is 2.55 bits per heavy atom. The molecule has 2 fully saturated rings. The second kappa shape index (κ2) is 4.05. The normalized spacial score (nSPS) is 55.3. The van der Waals surface area contributed by atoms with Crippen molar-refractivity contribution in [2.45, 2.75) is 43.1 Å². The number of ether oxygens (including phenoxy) is 2. The van der Waals surface area contributed by atoms with E-state index in [9.17, 15) is 6.17 Å². The lowest BCUT2D eigenvalue weighted by Crippen LogP contribution is -2.65. The molecule has 116 valence electrons. The molecule has 4 nitrogen and oxygen atoms in total. The molecule has 2 bridgehead atoms. The third-order valence-electron chi connectivity index (χ3n) is 5.41. The van der Waals surface area contributed by atoms with Crippen LogP contribution in [0.1, 0.15) is 44.1 Å². The summed E-state index contributed by atoms with van der Waals surface area (Å²) in [7, 11) is -2.85. The summed E-state index contributed by atoms with van der Waals surface area (Å²) in [4.78, 5) is 13.9. The van der Waals surface area contributed by atoms with Crippen molar-refractivity contribution in [1.29, 1.82) is 0 Å². The Hall–Kier alpha value is -1.55. The molecule has 1 aromatic rings. The van der Waals surface area contributed by atoms with Crippen LogP contribution in [0, 0.1) is 5.92 Å². The van der Waals surface area contributed by atoms with Gasteiger partial charge in [-0.2, -0.15) is 0 Å². The maximum absolute atomic E-state index is 13.0. The van der Waals surface area contributed by atoms with E-state index in [1.54, 1.807) is 0 Å². The maximum Gasteiger partial charge on any atom is 0.174 e. The summed E-state index contributed by atoms with van der Waals surface area (Å²) >= 11 is 0. The van der Waals surface area contributed by atoms with Gasteiger partial charge in [0.2, 0.25) is 0 Å². The highest BCUT2D eigenvalue weighted by Crippen LogP contribution is 2.62. The molecule has 4 aliphatic rings. The van der Waals surface area contributed by atoms with Crippen LogP contribution in [0.5, 0.6) is 11.5 Å². The molecule has 4 atom stereocenters. The van der Waals surface area contributed by atoms with E-state index >= 15 is 0 Å². The lowest BCUT2D eigenvalue weighted by Gasteiger charge is -2.57. The van der Waals surface area contributed by atoms with Gasteiger partial charge in [-0.15, -0.1) is 0 Å². The highest BCUT2D eigenvalue weighted by Gasteiger charge is 2.65. The minimum atomic E-state index is -2.85. The minimum Gasteiger partial charge on any atom is -0.493 e. The van der Waals surface area contributed by atoms with E-state index in [0.717, 1.165) is 4.90 Å². The standard InChI is InChI=1S/C18H21NO3/c1-19-8-7-18-11-4-5-13(20)17(18)22-16-14(21-2)6-3-10(15(16)18)9-12(11)19/h3,6,11-12,17H,4-5,7-9H2,1-2H3/t11-,12+,17?,18-/m0/s1/i1D3,2D3,9D2,12D,17D. The number of methoxy groups -OCH3 is 1. The summed E-state index contributed by atoms with van der Waals surface area (Å²) in [6, 6.07) is 0.144. The van der Waals surface area contributed by atoms with Crippen LogP contribution in [0.15, 0.2) is 12.1 Å². The van der Waals surface area contributed by atoms with E-state index in [1.807, 2.05) is 0 Å². The van der Waals surface area contributed by atoms with Crippen LogP contribution >= 0.6 is 0 Å². The van der Waals surface area contributed by atoms with Gasteiger partial charge in [-0.3, -0.25) is 4.79 Å². The molecule has 5 rings (SSSR count). The van der Waals surface area contributed by atoms with Crippen LogP contribution < -0.4 is 9.47 Å². The third-order valence-corrected chi connectivity index (χ3v) is 5.41. The maximum atomic E-state index is 13.0. The van der Waals surface area contributed by atoms with Crippen molar-refractivity contribution in [2.75, 3.05) is 20.6 Å². The largest absolute Gasteiger partial charge is 0.493 e. The number of likely N-dealkylation sites (tertiary alicyclic amines) is 1. The van der Waals surface area contributed by atoms with E-state index in [0.29, 0.717) is 0 Å². The Balaban J connectivity index is 1.87. The molecule has 1 spiro atoms. The summed E-state index contributed by atoms with van der Waals surface area (Å²) in [6.07, 6.45) is -4.94. The van der Waals surface area contributed by atoms with Crippen LogP contribution in [-0.2, 0) is 16.6 Å². The molecule has 2 heterocycles. The Morgan fingerprint density at radius 3 is 3.41 bits per heavy atom. The number of nitrogens with zero attached hydrogens (tertiary/aromatic N) is 1. The van der Waals surface area contributed by atoms with Crippen molar-refractivity contribution in [1.82, 2.24) is 4.90 Å². The molecule has 0 radical (unpaired) electrons. The molecule has 0 amide bonds. The van der Waals surface area contributed by atoms with Gasteiger partial charge in [0.25, 0.3) is 0 Å². The van der Waals surface area contributed by atoms with Crippen LogP contribution in [0.3, 0.4) is 0 Å². The number of likely N-dealkylation sites (N-methyl/N-ethyl adjacent to an activating group) is 1. The minimum absolute atomic E-state index is 0.0155. The molecule has 1 saturated carbocycles. The SMILES string of the molecule is [2H]C([2H])([2H])Oc1ccc2c3c1OC1([2H])C(=O)CC[C@@H]4[C@@]31CCN(C([2H])([2H])[2H])[C@]4([2H])C2([2H])[2H]. The molecule has 2 aliphatic carbocycles. The number of ketones is 1. The number of carbonyl (C=O) groups excluding carboxylic acids is 1. The molecule has 1 unspecified atom stereocenters. The van der Waals surface area contributed by atoms with Gasteiger partial charge in [0.15, 0.2) is 23.4 Å². The molecular formula is C18H21NO3. The Labute approximate surface area is 144 Å². The van der Waals surface area contributed by atoms with Gasteiger partial charge in [-0.05, 0) is 50.3 Å². The van der Waals surface area contributed by atoms with E-state index in [2.05, 4.69) is 0 Å². The highest BCUT2D eigenvalue weighted by molar-refractivity contribution is 5.89. The van der Waals surface area contributed by atoms with Crippen LogP contribution in [0.2, 0.25) is 0 Å². The average Bonchev–Trinajstić information content (AvgIpc) is 2.90. The van der Waals surface area contributed by atoms with Gasteiger partial charge in [-0.1, -0.05) is 6.07 Å². The number of Topliss-reactive ketones (excluding diaryl/α,β-unsaturated/α-hetero) is 1. The number of piperidine rings is 1. The van der Waals surface area contributed by atoms with E-state index in [4.69, 9.17) is 21.8 Å². The molecule has 0 aromatic heterocycles. The van der Waals surface area contributed by atoms with Crippen molar-refractivity contribution in [2.24, 2.45) is 5.92 Å². The van der Waals surface area contributed by atoms with Crippen molar-refractivity contribution in [3.63, 3.8) is 0 Å².